The number of thiazole rings is 1. The van der Waals surface area contributed by atoms with Crippen molar-refractivity contribution in [3.05, 3.63) is 32.0 Å². The molecule has 2 heterocycles. The molecule has 0 saturated carbocycles. The van der Waals surface area contributed by atoms with E-state index in [1.54, 1.807) is 11.3 Å². The predicted octanol–water partition coefficient (Wildman–Crippen LogP) is 3.21. The van der Waals surface area contributed by atoms with Crippen LogP contribution in [-0.4, -0.2) is 21.8 Å². The Hall–Kier alpha value is -0.910. The Kier molecular flexibility index (Phi) is 4.83. The molecule has 0 aliphatic heterocycles. The van der Waals surface area contributed by atoms with Gasteiger partial charge in [-0.05, 0) is 27.3 Å². The summed E-state index contributed by atoms with van der Waals surface area (Å²) < 4.78 is 1.90. The second-order valence-electron chi connectivity index (χ2n) is 4.91. The average Bonchev–Trinajstić information content (AvgIpc) is 2.87. The van der Waals surface area contributed by atoms with Crippen molar-refractivity contribution in [2.75, 3.05) is 7.05 Å². The van der Waals surface area contributed by atoms with Crippen molar-refractivity contribution >= 4 is 22.9 Å². The lowest BCUT2D eigenvalue weighted by Crippen LogP contribution is -2.20. The van der Waals surface area contributed by atoms with E-state index in [0.29, 0.717) is 0 Å². The third-order valence-corrected chi connectivity index (χ3v) is 5.13. The second-order valence-corrected chi connectivity index (χ2v) is 6.53. The van der Waals surface area contributed by atoms with Crippen molar-refractivity contribution < 1.29 is 0 Å². The van der Waals surface area contributed by atoms with Crippen molar-refractivity contribution in [1.29, 1.82) is 0 Å². The van der Waals surface area contributed by atoms with E-state index in [-0.39, 0.29) is 6.04 Å². The third kappa shape index (κ3) is 2.90. The summed E-state index contributed by atoms with van der Waals surface area (Å²) in [5.41, 5.74) is 3.14. The molecule has 0 amide bonds. The molecule has 0 bridgehead atoms. The Morgan fingerprint density at radius 1 is 1.40 bits per heavy atom. The first-order valence-corrected chi connectivity index (χ1v) is 7.98. The lowest BCUT2D eigenvalue weighted by molar-refractivity contribution is 0.565. The van der Waals surface area contributed by atoms with E-state index in [4.69, 9.17) is 11.6 Å². The number of likely N-dealkylation sites (N-methyl/N-ethyl adjacent to an activating group) is 1. The van der Waals surface area contributed by atoms with Crippen LogP contribution in [0, 0.1) is 13.8 Å². The van der Waals surface area contributed by atoms with E-state index in [2.05, 4.69) is 29.2 Å². The third-order valence-electron chi connectivity index (χ3n) is 3.50. The lowest BCUT2D eigenvalue weighted by atomic mass is 10.1. The Balaban J connectivity index is 2.31. The number of hydrogen-bond acceptors (Lipinski definition) is 4. The summed E-state index contributed by atoms with van der Waals surface area (Å²) in [4.78, 5) is 5.79. The lowest BCUT2D eigenvalue weighted by Gasteiger charge is -2.15. The molecule has 2 aromatic rings. The van der Waals surface area contributed by atoms with E-state index in [1.165, 1.54) is 4.88 Å². The van der Waals surface area contributed by atoms with E-state index in [1.807, 2.05) is 25.7 Å². The van der Waals surface area contributed by atoms with Crippen LogP contribution in [-0.2, 0) is 19.9 Å². The fourth-order valence-corrected chi connectivity index (χ4v) is 3.84. The summed E-state index contributed by atoms with van der Waals surface area (Å²) in [6, 6.07) is 0.221. The summed E-state index contributed by atoms with van der Waals surface area (Å²) >= 11 is 8.18. The van der Waals surface area contributed by atoms with Gasteiger partial charge < -0.3 is 5.32 Å². The van der Waals surface area contributed by atoms with Gasteiger partial charge in [-0.25, -0.2) is 4.98 Å². The number of rotatable bonds is 5. The van der Waals surface area contributed by atoms with Crippen LogP contribution in [0.1, 0.15) is 39.9 Å². The van der Waals surface area contributed by atoms with Gasteiger partial charge in [-0.3, -0.25) is 4.68 Å². The molecule has 2 aromatic heterocycles. The Morgan fingerprint density at radius 3 is 2.55 bits per heavy atom. The van der Waals surface area contributed by atoms with E-state index >= 15 is 0 Å². The molecule has 1 unspecified atom stereocenters. The average molecular weight is 313 g/mol. The maximum absolute atomic E-state index is 6.44. The fraction of sp³-hybridized carbons (Fsp3) is 0.571. The van der Waals surface area contributed by atoms with E-state index < -0.39 is 0 Å². The first-order chi connectivity index (χ1) is 9.47. The minimum atomic E-state index is 0.221. The van der Waals surface area contributed by atoms with Gasteiger partial charge in [-0.15, -0.1) is 11.3 Å². The highest BCUT2D eigenvalue weighted by Crippen LogP contribution is 2.30. The van der Waals surface area contributed by atoms with Gasteiger partial charge in [0.15, 0.2) is 0 Å². The second kappa shape index (κ2) is 6.24. The van der Waals surface area contributed by atoms with Crippen LogP contribution in [0.3, 0.4) is 0 Å². The van der Waals surface area contributed by atoms with Gasteiger partial charge in [0.05, 0.1) is 27.1 Å². The highest BCUT2D eigenvalue weighted by Gasteiger charge is 2.21. The fourth-order valence-electron chi connectivity index (χ4n) is 2.43. The van der Waals surface area contributed by atoms with Crippen molar-refractivity contribution in [3.63, 3.8) is 0 Å². The molecule has 6 heteroatoms. The number of aromatic nitrogens is 3. The van der Waals surface area contributed by atoms with Gasteiger partial charge in [-0.1, -0.05) is 18.5 Å². The Morgan fingerprint density at radius 2 is 2.10 bits per heavy atom. The zero-order valence-electron chi connectivity index (χ0n) is 12.6. The minimum Gasteiger partial charge on any atom is -0.312 e. The van der Waals surface area contributed by atoms with Crippen LogP contribution in [0.15, 0.2) is 0 Å². The maximum atomic E-state index is 6.44. The molecular weight excluding hydrogens is 292 g/mol. The maximum Gasteiger partial charge on any atom is 0.0900 e. The molecule has 0 aliphatic rings. The number of nitrogens with one attached hydrogen (secondary N) is 1. The molecule has 0 saturated heterocycles. The zero-order chi connectivity index (χ0) is 14.9. The van der Waals surface area contributed by atoms with Crippen molar-refractivity contribution in [1.82, 2.24) is 20.1 Å². The van der Waals surface area contributed by atoms with Gasteiger partial charge in [0.2, 0.25) is 0 Å². The molecule has 0 fully saturated rings. The number of aryl methyl sites for hydroxylation is 4. The van der Waals surface area contributed by atoms with Gasteiger partial charge in [-0.2, -0.15) is 5.10 Å². The molecule has 4 nitrogen and oxygen atoms in total. The van der Waals surface area contributed by atoms with Gasteiger partial charge in [0, 0.05) is 24.4 Å². The molecule has 0 aromatic carbocycles. The van der Waals surface area contributed by atoms with Gasteiger partial charge >= 0.3 is 0 Å². The van der Waals surface area contributed by atoms with Gasteiger partial charge in [0.1, 0.15) is 0 Å². The molecule has 20 heavy (non-hydrogen) atoms. The first-order valence-electron chi connectivity index (χ1n) is 6.79. The molecule has 1 N–H and O–H groups in total. The van der Waals surface area contributed by atoms with Crippen LogP contribution in [0.25, 0.3) is 0 Å². The van der Waals surface area contributed by atoms with E-state index in [0.717, 1.165) is 40.0 Å². The molecule has 110 valence electrons. The predicted molar refractivity (Wildman–Crippen MR) is 84.7 cm³/mol. The molecule has 1 atom stereocenters. The summed E-state index contributed by atoms with van der Waals surface area (Å²) in [6.07, 6.45) is 1.68. The molecule has 0 radical (unpaired) electrons. The topological polar surface area (TPSA) is 42.7 Å². The van der Waals surface area contributed by atoms with E-state index in [9.17, 15) is 0 Å². The zero-order valence-corrected chi connectivity index (χ0v) is 14.2. The van der Waals surface area contributed by atoms with Gasteiger partial charge in [0.25, 0.3) is 0 Å². The summed E-state index contributed by atoms with van der Waals surface area (Å²) in [7, 11) is 3.93. The highest BCUT2D eigenvalue weighted by molar-refractivity contribution is 7.11. The highest BCUT2D eigenvalue weighted by atomic mass is 35.5. The van der Waals surface area contributed by atoms with Crippen LogP contribution in [0.5, 0.6) is 0 Å². The van der Waals surface area contributed by atoms with Crippen LogP contribution in [0.4, 0.5) is 0 Å². The normalized spacial score (nSPS) is 12.9. The Bertz CT molecular complexity index is 603. The summed E-state index contributed by atoms with van der Waals surface area (Å²) in [5.74, 6) is 0. The SMILES string of the molecule is CCc1nn(C)c(CC(NC)c2sc(C)nc2C)c1Cl. The summed E-state index contributed by atoms with van der Waals surface area (Å²) in [6.45, 7) is 6.18. The molecular formula is C14H21ClN4S. The molecule has 0 spiro atoms. The summed E-state index contributed by atoms with van der Waals surface area (Å²) in [5, 5.41) is 9.76. The largest absolute Gasteiger partial charge is 0.312 e. The standard InChI is InChI=1S/C14H21ClN4S/c1-6-10-13(15)12(19(5)18-10)7-11(16-4)14-8(2)17-9(3)20-14/h11,16H,6-7H2,1-5H3. The van der Waals surface area contributed by atoms with Crippen molar-refractivity contribution in [2.45, 2.75) is 39.7 Å². The van der Waals surface area contributed by atoms with Crippen molar-refractivity contribution in [3.8, 4) is 0 Å². The Labute approximate surface area is 129 Å². The smallest absolute Gasteiger partial charge is 0.0900 e. The number of nitrogens with zero attached hydrogens (tertiary/aromatic N) is 3. The van der Waals surface area contributed by atoms with Crippen LogP contribution >= 0.6 is 22.9 Å². The van der Waals surface area contributed by atoms with Crippen molar-refractivity contribution in [2.24, 2.45) is 7.05 Å². The monoisotopic (exact) mass is 312 g/mol. The molecule has 0 aliphatic carbocycles. The van der Waals surface area contributed by atoms with Crippen LogP contribution < -0.4 is 5.32 Å². The number of halogens is 1. The number of hydrogen-bond donors (Lipinski definition) is 1. The quantitative estimate of drug-likeness (QED) is 0.922. The first kappa shape index (κ1) is 15.5. The molecule has 2 rings (SSSR count). The van der Waals surface area contributed by atoms with Crippen LogP contribution in [0.2, 0.25) is 5.02 Å². The minimum absolute atomic E-state index is 0.221.